The van der Waals surface area contributed by atoms with Gasteiger partial charge in [-0.25, -0.2) is 9.59 Å². The first-order valence-corrected chi connectivity index (χ1v) is 11.5. The molecule has 0 aliphatic rings. The Morgan fingerprint density at radius 2 is 1.14 bits per heavy atom. The average Bonchev–Trinajstić information content (AvgIpc) is 3.39. The predicted molar refractivity (Wildman–Crippen MR) is 138 cm³/mol. The third-order valence-electron chi connectivity index (χ3n) is 4.91. The minimum Gasteiger partial charge on any atom is -0.439 e. The molecule has 37 heavy (non-hydrogen) atoms. The molecule has 0 aliphatic heterocycles. The van der Waals surface area contributed by atoms with E-state index in [1.807, 2.05) is 48.5 Å². The van der Waals surface area contributed by atoms with Crippen LogP contribution in [0.5, 0.6) is 0 Å². The van der Waals surface area contributed by atoms with Crippen molar-refractivity contribution in [2.24, 2.45) is 11.5 Å². The third kappa shape index (κ3) is 9.82. The van der Waals surface area contributed by atoms with E-state index in [2.05, 4.69) is 34.3 Å². The molecule has 3 rings (SSSR count). The SMILES string of the molecule is NCc1cccc(CNC(=O)OCC#Cc2ccc(C#CCOC(=O)NCc3cccc(CN)c3)o2)c1. The number of rotatable bonds is 8. The molecular weight excluding hydrogens is 472 g/mol. The third-order valence-corrected chi connectivity index (χ3v) is 4.91. The normalized spacial score (nSPS) is 9.78. The lowest BCUT2D eigenvalue weighted by molar-refractivity contribution is 0.158. The smallest absolute Gasteiger partial charge is 0.408 e. The van der Waals surface area contributed by atoms with E-state index < -0.39 is 12.2 Å². The molecule has 2 aromatic carbocycles. The molecule has 0 spiro atoms. The highest BCUT2D eigenvalue weighted by Crippen LogP contribution is 2.06. The fourth-order valence-corrected chi connectivity index (χ4v) is 3.11. The number of benzene rings is 2. The van der Waals surface area contributed by atoms with E-state index in [1.165, 1.54) is 0 Å². The standard InChI is InChI=1S/C28H28N4O5/c29-17-21-5-1-7-23(15-21)19-31-27(33)35-13-3-9-25-11-12-26(37-25)10-4-14-36-28(34)32-20-24-8-2-6-22(16-24)18-30/h1-2,5-8,11-12,15-16H,13-14,17-20,29-30H2,(H,31,33)(H,32,34). The molecule has 2 amide bonds. The zero-order valence-corrected chi connectivity index (χ0v) is 20.2. The first kappa shape index (κ1) is 26.9. The largest absolute Gasteiger partial charge is 0.439 e. The summed E-state index contributed by atoms with van der Waals surface area (Å²) in [5, 5.41) is 5.31. The molecule has 0 radical (unpaired) electrons. The number of carbonyl (C=O) groups is 2. The summed E-state index contributed by atoms with van der Waals surface area (Å²) in [5.74, 6) is 11.6. The second-order valence-electron chi connectivity index (χ2n) is 7.67. The van der Waals surface area contributed by atoms with E-state index in [0.29, 0.717) is 37.7 Å². The minimum absolute atomic E-state index is 0.101. The van der Waals surface area contributed by atoms with E-state index in [9.17, 15) is 9.59 Å². The maximum Gasteiger partial charge on any atom is 0.408 e. The Balaban J connectivity index is 1.33. The number of amides is 2. The molecule has 1 aromatic heterocycles. The quantitative estimate of drug-likeness (QED) is 0.349. The van der Waals surface area contributed by atoms with Gasteiger partial charge in [0.2, 0.25) is 0 Å². The summed E-state index contributed by atoms with van der Waals surface area (Å²) >= 11 is 0. The number of nitrogens with two attached hydrogens (primary N) is 2. The van der Waals surface area contributed by atoms with Crippen molar-refractivity contribution in [3.05, 3.63) is 94.4 Å². The maximum atomic E-state index is 11.8. The van der Waals surface area contributed by atoms with Crippen LogP contribution in [0, 0.1) is 23.7 Å². The van der Waals surface area contributed by atoms with Gasteiger partial charge in [0.1, 0.15) is 0 Å². The van der Waals surface area contributed by atoms with E-state index in [0.717, 1.165) is 22.3 Å². The van der Waals surface area contributed by atoms with E-state index in [4.69, 9.17) is 25.4 Å². The highest BCUT2D eigenvalue weighted by Gasteiger charge is 2.03. The Hall–Kier alpha value is -4.70. The number of furan rings is 1. The van der Waals surface area contributed by atoms with Crippen LogP contribution in [0.25, 0.3) is 0 Å². The van der Waals surface area contributed by atoms with Crippen molar-refractivity contribution in [1.82, 2.24) is 10.6 Å². The molecular formula is C28H28N4O5. The van der Waals surface area contributed by atoms with Gasteiger partial charge in [-0.15, -0.1) is 0 Å². The first-order valence-electron chi connectivity index (χ1n) is 11.5. The zero-order chi connectivity index (χ0) is 26.3. The van der Waals surface area contributed by atoms with Crippen LogP contribution in [0.1, 0.15) is 33.8 Å². The average molecular weight is 501 g/mol. The van der Waals surface area contributed by atoms with Crippen molar-refractivity contribution in [2.45, 2.75) is 26.2 Å². The Morgan fingerprint density at radius 1 is 0.703 bits per heavy atom. The zero-order valence-electron chi connectivity index (χ0n) is 20.2. The van der Waals surface area contributed by atoms with E-state index in [1.54, 1.807) is 12.1 Å². The number of nitrogens with one attached hydrogen (secondary N) is 2. The summed E-state index contributed by atoms with van der Waals surface area (Å²) in [7, 11) is 0. The summed E-state index contributed by atoms with van der Waals surface area (Å²) in [6, 6.07) is 18.5. The monoisotopic (exact) mass is 500 g/mol. The lowest BCUT2D eigenvalue weighted by Crippen LogP contribution is -2.24. The van der Waals surface area contributed by atoms with Gasteiger partial charge in [0.15, 0.2) is 24.7 Å². The van der Waals surface area contributed by atoms with Crippen molar-refractivity contribution >= 4 is 12.2 Å². The summed E-state index contributed by atoms with van der Waals surface area (Å²) < 4.78 is 15.5. The highest BCUT2D eigenvalue weighted by atomic mass is 16.6. The van der Waals surface area contributed by atoms with Crippen molar-refractivity contribution in [3.63, 3.8) is 0 Å². The molecule has 0 saturated heterocycles. The van der Waals surface area contributed by atoms with Crippen molar-refractivity contribution in [1.29, 1.82) is 0 Å². The molecule has 1 heterocycles. The molecule has 0 saturated carbocycles. The van der Waals surface area contributed by atoms with Gasteiger partial charge in [0, 0.05) is 26.2 Å². The van der Waals surface area contributed by atoms with Crippen LogP contribution in [0.15, 0.2) is 65.1 Å². The van der Waals surface area contributed by atoms with Crippen LogP contribution in [0.2, 0.25) is 0 Å². The van der Waals surface area contributed by atoms with Gasteiger partial charge in [0.05, 0.1) is 0 Å². The topological polar surface area (TPSA) is 142 Å². The molecule has 9 heteroatoms. The molecule has 0 fully saturated rings. The number of ether oxygens (including phenoxy) is 2. The number of hydrogen-bond donors (Lipinski definition) is 4. The molecule has 0 unspecified atom stereocenters. The molecule has 3 aromatic rings. The Bertz CT molecular complexity index is 1230. The highest BCUT2D eigenvalue weighted by molar-refractivity contribution is 5.67. The molecule has 190 valence electrons. The van der Waals surface area contributed by atoms with Gasteiger partial charge in [-0.3, -0.25) is 0 Å². The van der Waals surface area contributed by atoms with Gasteiger partial charge in [-0.05, 0) is 46.2 Å². The van der Waals surface area contributed by atoms with E-state index in [-0.39, 0.29) is 13.2 Å². The Morgan fingerprint density at radius 3 is 1.57 bits per heavy atom. The molecule has 0 aliphatic carbocycles. The molecule has 9 nitrogen and oxygen atoms in total. The number of alkyl carbamates (subject to hydrolysis) is 2. The van der Waals surface area contributed by atoms with Crippen LogP contribution in [-0.2, 0) is 35.7 Å². The van der Waals surface area contributed by atoms with Gasteiger partial charge in [-0.1, -0.05) is 60.4 Å². The van der Waals surface area contributed by atoms with Crippen molar-refractivity contribution in [3.8, 4) is 23.7 Å². The van der Waals surface area contributed by atoms with Gasteiger partial charge < -0.3 is 36.0 Å². The summed E-state index contributed by atoms with van der Waals surface area (Å²) in [6.07, 6.45) is -1.15. The fourth-order valence-electron chi connectivity index (χ4n) is 3.11. The summed E-state index contributed by atoms with van der Waals surface area (Å²) in [5.41, 5.74) is 15.1. The van der Waals surface area contributed by atoms with Crippen molar-refractivity contribution in [2.75, 3.05) is 13.2 Å². The van der Waals surface area contributed by atoms with Gasteiger partial charge in [0.25, 0.3) is 0 Å². The molecule has 0 atom stereocenters. The lowest BCUT2D eigenvalue weighted by Gasteiger charge is -2.06. The van der Waals surface area contributed by atoms with Gasteiger partial charge >= 0.3 is 12.2 Å². The summed E-state index contributed by atoms with van der Waals surface area (Å²) in [6.45, 7) is 1.32. The van der Waals surface area contributed by atoms with Gasteiger partial charge in [-0.2, -0.15) is 0 Å². The molecule has 6 N–H and O–H groups in total. The second kappa shape index (κ2) is 14.6. The van der Waals surface area contributed by atoms with Crippen LogP contribution >= 0.6 is 0 Å². The first-order chi connectivity index (χ1) is 18.1. The Kier molecular flexibility index (Phi) is 10.6. The predicted octanol–water partition coefficient (Wildman–Crippen LogP) is 2.75. The van der Waals surface area contributed by atoms with Crippen LogP contribution in [0.3, 0.4) is 0 Å². The van der Waals surface area contributed by atoms with Crippen molar-refractivity contribution < 1.29 is 23.5 Å². The van der Waals surface area contributed by atoms with Crippen LogP contribution in [-0.4, -0.2) is 25.4 Å². The second-order valence-corrected chi connectivity index (χ2v) is 7.67. The number of carbonyl (C=O) groups excluding carboxylic acids is 2. The molecule has 0 bridgehead atoms. The number of hydrogen-bond acceptors (Lipinski definition) is 7. The fraction of sp³-hybridized carbons (Fsp3) is 0.214. The minimum atomic E-state index is -0.577. The lowest BCUT2D eigenvalue weighted by atomic mass is 10.1. The maximum absolute atomic E-state index is 11.8. The summed E-state index contributed by atoms with van der Waals surface area (Å²) in [4.78, 5) is 23.6. The van der Waals surface area contributed by atoms with E-state index >= 15 is 0 Å². The van der Waals surface area contributed by atoms with Crippen LogP contribution < -0.4 is 22.1 Å². The van der Waals surface area contributed by atoms with Crippen LogP contribution in [0.4, 0.5) is 9.59 Å². The Labute approximate surface area is 215 Å².